The third-order valence-corrected chi connectivity index (χ3v) is 3.00. The standard InChI is InChI=1S/C12H9BrFN3O3/c13-11-6-9(1-2-12(11)14)20-10-4-7(16-15)3-8(5-10)17(18)19/h1-6,16H,15H2. The van der Waals surface area contributed by atoms with Crippen LogP contribution in [0.25, 0.3) is 0 Å². The van der Waals surface area contributed by atoms with E-state index in [2.05, 4.69) is 21.4 Å². The number of benzene rings is 2. The molecule has 0 bridgehead atoms. The summed E-state index contributed by atoms with van der Waals surface area (Å²) in [6.45, 7) is 0. The maximum atomic E-state index is 13.1. The fraction of sp³-hybridized carbons (Fsp3) is 0. The van der Waals surface area contributed by atoms with Crippen molar-refractivity contribution < 1.29 is 14.1 Å². The van der Waals surface area contributed by atoms with Gasteiger partial charge in [-0.3, -0.25) is 16.0 Å². The van der Waals surface area contributed by atoms with Crippen LogP contribution >= 0.6 is 15.9 Å². The molecule has 0 aliphatic rings. The van der Waals surface area contributed by atoms with Gasteiger partial charge < -0.3 is 10.2 Å². The van der Waals surface area contributed by atoms with E-state index >= 15 is 0 Å². The number of non-ortho nitro benzene ring substituents is 1. The molecule has 0 unspecified atom stereocenters. The van der Waals surface area contributed by atoms with Crippen LogP contribution in [0.1, 0.15) is 0 Å². The van der Waals surface area contributed by atoms with Crippen LogP contribution in [0.3, 0.4) is 0 Å². The molecule has 0 aromatic heterocycles. The Bertz CT molecular complexity index is 666. The molecule has 0 saturated carbocycles. The molecule has 3 N–H and O–H groups in total. The van der Waals surface area contributed by atoms with Gasteiger partial charge in [-0.15, -0.1) is 0 Å². The zero-order chi connectivity index (χ0) is 14.7. The van der Waals surface area contributed by atoms with Crippen molar-refractivity contribution in [3.8, 4) is 11.5 Å². The normalized spacial score (nSPS) is 10.2. The molecule has 0 fully saturated rings. The molecule has 2 rings (SSSR count). The van der Waals surface area contributed by atoms with Crippen molar-refractivity contribution in [2.24, 2.45) is 5.84 Å². The number of nitrogens with two attached hydrogens (primary N) is 1. The molecule has 0 aliphatic carbocycles. The van der Waals surface area contributed by atoms with Crippen molar-refractivity contribution in [2.45, 2.75) is 0 Å². The first kappa shape index (κ1) is 14.2. The highest BCUT2D eigenvalue weighted by atomic mass is 79.9. The van der Waals surface area contributed by atoms with Crippen LogP contribution in [0.5, 0.6) is 11.5 Å². The number of hydrogen-bond acceptors (Lipinski definition) is 5. The predicted octanol–water partition coefficient (Wildman–Crippen LogP) is 3.57. The van der Waals surface area contributed by atoms with Crippen LogP contribution in [0.4, 0.5) is 15.8 Å². The summed E-state index contributed by atoms with van der Waals surface area (Å²) in [6.07, 6.45) is 0. The summed E-state index contributed by atoms with van der Waals surface area (Å²) in [7, 11) is 0. The van der Waals surface area contributed by atoms with E-state index in [1.807, 2.05) is 0 Å². The van der Waals surface area contributed by atoms with Crippen LogP contribution < -0.4 is 16.0 Å². The second-order valence-electron chi connectivity index (χ2n) is 3.80. The maximum Gasteiger partial charge on any atom is 0.275 e. The fourth-order valence-corrected chi connectivity index (χ4v) is 1.87. The molecule has 2 aromatic carbocycles. The highest BCUT2D eigenvalue weighted by Crippen LogP contribution is 2.31. The third-order valence-electron chi connectivity index (χ3n) is 2.40. The molecule has 20 heavy (non-hydrogen) atoms. The minimum atomic E-state index is -0.561. The summed E-state index contributed by atoms with van der Waals surface area (Å²) in [5.41, 5.74) is 2.47. The van der Waals surface area contributed by atoms with Gasteiger partial charge in [0, 0.05) is 12.1 Å². The van der Waals surface area contributed by atoms with Crippen molar-refractivity contribution in [3.05, 3.63) is 56.8 Å². The van der Waals surface area contributed by atoms with Crippen LogP contribution in [0.15, 0.2) is 40.9 Å². The minimum absolute atomic E-state index is 0.170. The summed E-state index contributed by atoms with van der Waals surface area (Å²) in [4.78, 5) is 10.2. The topological polar surface area (TPSA) is 90.4 Å². The fourth-order valence-electron chi connectivity index (χ4n) is 1.51. The van der Waals surface area contributed by atoms with E-state index in [1.165, 1.54) is 36.4 Å². The van der Waals surface area contributed by atoms with Crippen molar-refractivity contribution in [2.75, 3.05) is 5.43 Å². The number of nitro benzene ring substituents is 1. The van der Waals surface area contributed by atoms with Crippen molar-refractivity contribution in [1.82, 2.24) is 0 Å². The number of halogens is 2. The number of hydrazine groups is 1. The SMILES string of the molecule is NNc1cc(Oc2ccc(F)c(Br)c2)cc([N+](=O)[O-])c1. The van der Waals surface area contributed by atoms with Gasteiger partial charge in [0.2, 0.25) is 0 Å². The molecule has 0 atom stereocenters. The van der Waals surface area contributed by atoms with E-state index < -0.39 is 10.7 Å². The molecule has 2 aromatic rings. The number of nitrogens with zero attached hydrogens (tertiary/aromatic N) is 1. The summed E-state index contributed by atoms with van der Waals surface area (Å²) in [5.74, 6) is 5.36. The highest BCUT2D eigenvalue weighted by Gasteiger charge is 2.11. The first-order chi connectivity index (χ1) is 9.49. The first-order valence-corrected chi connectivity index (χ1v) is 6.18. The Morgan fingerprint density at radius 3 is 2.60 bits per heavy atom. The molecule has 0 spiro atoms. The molecule has 0 aliphatic heterocycles. The first-order valence-electron chi connectivity index (χ1n) is 5.38. The zero-order valence-corrected chi connectivity index (χ0v) is 11.6. The quantitative estimate of drug-likeness (QED) is 0.504. The summed E-state index contributed by atoms with van der Waals surface area (Å²) in [5, 5.41) is 10.8. The molecular formula is C12H9BrFN3O3. The number of ether oxygens (including phenoxy) is 1. The van der Waals surface area contributed by atoms with Crippen molar-refractivity contribution in [1.29, 1.82) is 0 Å². The number of nitro groups is 1. The lowest BCUT2D eigenvalue weighted by molar-refractivity contribution is -0.384. The van der Waals surface area contributed by atoms with Gasteiger partial charge >= 0.3 is 0 Å². The lowest BCUT2D eigenvalue weighted by Gasteiger charge is -2.08. The number of rotatable bonds is 4. The predicted molar refractivity (Wildman–Crippen MR) is 75.1 cm³/mol. The van der Waals surface area contributed by atoms with E-state index in [4.69, 9.17) is 10.6 Å². The third kappa shape index (κ3) is 3.22. The summed E-state index contributed by atoms with van der Waals surface area (Å²) < 4.78 is 18.8. The zero-order valence-electron chi connectivity index (χ0n) is 9.97. The van der Waals surface area contributed by atoms with E-state index in [9.17, 15) is 14.5 Å². The Morgan fingerprint density at radius 2 is 2.00 bits per heavy atom. The van der Waals surface area contributed by atoms with Gasteiger partial charge in [-0.1, -0.05) is 0 Å². The summed E-state index contributed by atoms with van der Waals surface area (Å²) >= 11 is 3.03. The number of nitrogens with one attached hydrogen (secondary N) is 1. The number of hydrogen-bond donors (Lipinski definition) is 2. The van der Waals surface area contributed by atoms with Crippen LogP contribution in [-0.4, -0.2) is 4.92 Å². The lowest BCUT2D eigenvalue weighted by Crippen LogP contribution is -2.07. The molecule has 0 radical (unpaired) electrons. The molecule has 0 heterocycles. The van der Waals surface area contributed by atoms with Gasteiger partial charge in [-0.2, -0.15) is 0 Å². The molecular weight excluding hydrogens is 333 g/mol. The van der Waals surface area contributed by atoms with Gasteiger partial charge in [0.05, 0.1) is 21.1 Å². The number of nitrogen functional groups attached to an aromatic ring is 1. The van der Waals surface area contributed by atoms with Crippen LogP contribution in [0.2, 0.25) is 0 Å². The van der Waals surface area contributed by atoms with E-state index in [-0.39, 0.29) is 15.9 Å². The van der Waals surface area contributed by atoms with E-state index in [0.29, 0.717) is 11.4 Å². The van der Waals surface area contributed by atoms with Crippen LogP contribution in [-0.2, 0) is 0 Å². The van der Waals surface area contributed by atoms with Crippen molar-refractivity contribution >= 4 is 27.3 Å². The Hall–Kier alpha value is -2.19. The van der Waals surface area contributed by atoms with Gasteiger partial charge in [-0.25, -0.2) is 4.39 Å². The lowest BCUT2D eigenvalue weighted by atomic mass is 10.2. The minimum Gasteiger partial charge on any atom is -0.457 e. The largest absolute Gasteiger partial charge is 0.457 e. The smallest absolute Gasteiger partial charge is 0.275 e. The molecule has 104 valence electrons. The Morgan fingerprint density at radius 1 is 1.25 bits per heavy atom. The Kier molecular flexibility index (Phi) is 4.16. The van der Waals surface area contributed by atoms with Gasteiger partial charge in [-0.05, 0) is 34.1 Å². The molecule has 8 heteroatoms. The average molecular weight is 342 g/mol. The highest BCUT2D eigenvalue weighted by molar-refractivity contribution is 9.10. The van der Waals surface area contributed by atoms with Gasteiger partial charge in [0.1, 0.15) is 17.3 Å². The average Bonchev–Trinajstić information content (AvgIpc) is 2.42. The van der Waals surface area contributed by atoms with Crippen molar-refractivity contribution in [3.63, 3.8) is 0 Å². The Balaban J connectivity index is 2.34. The second kappa shape index (κ2) is 5.85. The molecule has 0 amide bonds. The second-order valence-corrected chi connectivity index (χ2v) is 4.65. The summed E-state index contributed by atoms with van der Waals surface area (Å²) in [6, 6.07) is 8.06. The van der Waals surface area contributed by atoms with Gasteiger partial charge in [0.25, 0.3) is 5.69 Å². The van der Waals surface area contributed by atoms with E-state index in [0.717, 1.165) is 0 Å². The number of anilines is 1. The monoisotopic (exact) mass is 341 g/mol. The van der Waals surface area contributed by atoms with E-state index in [1.54, 1.807) is 0 Å². The Labute approximate surface area is 121 Å². The van der Waals surface area contributed by atoms with Gasteiger partial charge in [0.15, 0.2) is 0 Å². The molecule has 6 nitrogen and oxygen atoms in total. The van der Waals surface area contributed by atoms with Crippen LogP contribution in [0, 0.1) is 15.9 Å². The molecule has 0 saturated heterocycles. The maximum absolute atomic E-state index is 13.1.